The first-order chi connectivity index (χ1) is 6.36. The Morgan fingerprint density at radius 2 is 2.69 bits per heavy atom. The van der Waals surface area contributed by atoms with E-state index in [1.807, 2.05) is 5.38 Å². The van der Waals surface area contributed by atoms with E-state index in [1.165, 1.54) is 11.3 Å². The van der Waals surface area contributed by atoms with Crippen molar-refractivity contribution in [3.05, 3.63) is 11.6 Å². The average Bonchev–Trinajstić information content (AvgIpc) is 2.74. The van der Waals surface area contributed by atoms with Gasteiger partial charge < -0.3 is 10.6 Å². The Kier molecular flexibility index (Phi) is 2.56. The van der Waals surface area contributed by atoms with E-state index in [1.54, 1.807) is 6.20 Å². The van der Waals surface area contributed by atoms with Crippen LogP contribution in [0.2, 0.25) is 0 Å². The number of nitrogens with zero attached hydrogens (tertiary/aromatic N) is 1. The second kappa shape index (κ2) is 3.85. The van der Waals surface area contributed by atoms with Crippen molar-refractivity contribution in [2.24, 2.45) is 0 Å². The molecule has 1 aromatic rings. The van der Waals surface area contributed by atoms with Crippen LogP contribution >= 0.6 is 11.3 Å². The van der Waals surface area contributed by atoms with Gasteiger partial charge in [0.15, 0.2) is 5.13 Å². The molecule has 1 aliphatic heterocycles. The molecule has 5 heteroatoms. The van der Waals surface area contributed by atoms with Crippen LogP contribution in [0.15, 0.2) is 11.6 Å². The maximum absolute atomic E-state index is 11.5. The number of hydrogen-bond donors (Lipinski definition) is 2. The second-order valence-corrected chi connectivity index (χ2v) is 3.87. The molecule has 1 saturated heterocycles. The monoisotopic (exact) mass is 197 g/mol. The van der Waals surface area contributed by atoms with Crippen LogP contribution in [0.3, 0.4) is 0 Å². The highest BCUT2D eigenvalue weighted by Crippen LogP contribution is 2.12. The number of hydrogen-bond acceptors (Lipinski definition) is 4. The van der Waals surface area contributed by atoms with Crippen molar-refractivity contribution in [3.63, 3.8) is 0 Å². The van der Waals surface area contributed by atoms with Gasteiger partial charge in [-0.25, -0.2) is 4.98 Å². The topological polar surface area (TPSA) is 54.0 Å². The Morgan fingerprint density at radius 1 is 1.77 bits per heavy atom. The SMILES string of the molecule is O=C(Nc1nccs1)C1CCCN1. The van der Waals surface area contributed by atoms with E-state index in [9.17, 15) is 4.79 Å². The van der Waals surface area contributed by atoms with Gasteiger partial charge in [-0.05, 0) is 19.4 Å². The molecule has 1 fully saturated rings. The molecular weight excluding hydrogens is 186 g/mol. The molecule has 13 heavy (non-hydrogen) atoms. The summed E-state index contributed by atoms with van der Waals surface area (Å²) in [5.41, 5.74) is 0. The lowest BCUT2D eigenvalue weighted by atomic mass is 10.2. The molecule has 2 heterocycles. The first-order valence-corrected chi connectivity index (χ1v) is 5.18. The molecule has 0 radical (unpaired) electrons. The van der Waals surface area contributed by atoms with Crippen molar-refractivity contribution in [2.45, 2.75) is 18.9 Å². The van der Waals surface area contributed by atoms with Gasteiger partial charge in [-0.2, -0.15) is 0 Å². The zero-order valence-corrected chi connectivity index (χ0v) is 7.93. The van der Waals surface area contributed by atoms with Crippen molar-refractivity contribution in [2.75, 3.05) is 11.9 Å². The fourth-order valence-corrected chi connectivity index (χ4v) is 1.92. The largest absolute Gasteiger partial charge is 0.306 e. The molecule has 1 aliphatic rings. The van der Waals surface area contributed by atoms with Crippen LogP contribution < -0.4 is 10.6 Å². The Bertz CT molecular complexity index is 280. The van der Waals surface area contributed by atoms with Crippen LogP contribution in [0, 0.1) is 0 Å². The third-order valence-electron chi connectivity index (χ3n) is 2.04. The van der Waals surface area contributed by atoms with E-state index >= 15 is 0 Å². The van der Waals surface area contributed by atoms with Gasteiger partial charge in [0.1, 0.15) is 0 Å². The first kappa shape index (κ1) is 8.65. The van der Waals surface area contributed by atoms with E-state index in [-0.39, 0.29) is 11.9 Å². The highest BCUT2D eigenvalue weighted by atomic mass is 32.1. The van der Waals surface area contributed by atoms with Gasteiger partial charge in [0.05, 0.1) is 6.04 Å². The zero-order chi connectivity index (χ0) is 9.10. The van der Waals surface area contributed by atoms with Gasteiger partial charge in [0, 0.05) is 11.6 Å². The molecular formula is C8H11N3OS. The van der Waals surface area contributed by atoms with Crippen LogP contribution in [-0.2, 0) is 4.79 Å². The summed E-state index contributed by atoms with van der Waals surface area (Å²) >= 11 is 1.44. The van der Waals surface area contributed by atoms with Crippen molar-refractivity contribution < 1.29 is 4.79 Å². The highest BCUT2D eigenvalue weighted by molar-refractivity contribution is 7.13. The smallest absolute Gasteiger partial charge is 0.243 e. The summed E-state index contributed by atoms with van der Waals surface area (Å²) in [5.74, 6) is 0.0347. The lowest BCUT2D eigenvalue weighted by molar-refractivity contribution is -0.117. The minimum atomic E-state index is -0.0242. The van der Waals surface area contributed by atoms with Gasteiger partial charge in [0.2, 0.25) is 5.91 Å². The van der Waals surface area contributed by atoms with Gasteiger partial charge in [-0.1, -0.05) is 0 Å². The molecule has 1 atom stereocenters. The molecule has 0 saturated carbocycles. The van der Waals surface area contributed by atoms with Crippen molar-refractivity contribution >= 4 is 22.4 Å². The third-order valence-corrected chi connectivity index (χ3v) is 2.73. The standard InChI is InChI=1S/C8H11N3OS/c12-7(6-2-1-3-9-6)11-8-10-4-5-13-8/h4-6,9H,1-3H2,(H,10,11,12). The predicted molar refractivity (Wildman–Crippen MR) is 51.8 cm³/mol. The summed E-state index contributed by atoms with van der Waals surface area (Å²) < 4.78 is 0. The van der Waals surface area contributed by atoms with Crippen molar-refractivity contribution in [3.8, 4) is 0 Å². The molecule has 1 unspecified atom stereocenters. The predicted octanol–water partition coefficient (Wildman–Crippen LogP) is 0.834. The van der Waals surface area contributed by atoms with Gasteiger partial charge >= 0.3 is 0 Å². The van der Waals surface area contributed by atoms with Crippen molar-refractivity contribution in [1.29, 1.82) is 0 Å². The maximum Gasteiger partial charge on any atom is 0.243 e. The minimum Gasteiger partial charge on any atom is -0.306 e. The van der Waals surface area contributed by atoms with Gasteiger partial charge in [-0.3, -0.25) is 4.79 Å². The van der Waals surface area contributed by atoms with Crippen LogP contribution in [0.4, 0.5) is 5.13 Å². The number of nitrogens with one attached hydrogen (secondary N) is 2. The first-order valence-electron chi connectivity index (χ1n) is 4.30. The summed E-state index contributed by atoms with van der Waals surface area (Å²) in [5, 5.41) is 8.43. The number of carbonyl (C=O) groups is 1. The summed E-state index contributed by atoms with van der Waals surface area (Å²) in [6.07, 6.45) is 3.69. The summed E-state index contributed by atoms with van der Waals surface area (Å²) in [6, 6.07) is -0.0242. The highest BCUT2D eigenvalue weighted by Gasteiger charge is 2.22. The summed E-state index contributed by atoms with van der Waals surface area (Å²) in [4.78, 5) is 15.5. The second-order valence-electron chi connectivity index (χ2n) is 2.98. The molecule has 0 aliphatic carbocycles. The number of thiazole rings is 1. The van der Waals surface area contributed by atoms with E-state index in [4.69, 9.17) is 0 Å². The summed E-state index contributed by atoms with van der Waals surface area (Å²) in [6.45, 7) is 0.940. The fourth-order valence-electron chi connectivity index (χ4n) is 1.39. The molecule has 1 amide bonds. The molecule has 70 valence electrons. The fraction of sp³-hybridized carbons (Fsp3) is 0.500. The summed E-state index contributed by atoms with van der Waals surface area (Å²) in [7, 11) is 0. The minimum absolute atomic E-state index is 0.0242. The van der Waals surface area contributed by atoms with Gasteiger partial charge in [0.25, 0.3) is 0 Å². The van der Waals surface area contributed by atoms with E-state index in [2.05, 4.69) is 15.6 Å². The molecule has 0 spiro atoms. The third kappa shape index (κ3) is 2.05. The Balaban J connectivity index is 1.91. The normalized spacial score (nSPS) is 21.7. The Labute approximate surface area is 80.4 Å². The van der Waals surface area contributed by atoms with Gasteiger partial charge in [-0.15, -0.1) is 11.3 Å². The van der Waals surface area contributed by atoms with Crippen LogP contribution in [-0.4, -0.2) is 23.5 Å². The molecule has 0 aromatic carbocycles. The average molecular weight is 197 g/mol. The zero-order valence-electron chi connectivity index (χ0n) is 7.12. The molecule has 0 bridgehead atoms. The molecule has 2 N–H and O–H groups in total. The molecule has 1 aromatic heterocycles. The number of amides is 1. The Morgan fingerprint density at radius 3 is 3.31 bits per heavy atom. The lowest BCUT2D eigenvalue weighted by Gasteiger charge is -2.08. The number of aromatic nitrogens is 1. The maximum atomic E-state index is 11.5. The molecule has 2 rings (SSSR count). The number of rotatable bonds is 2. The Hall–Kier alpha value is -0.940. The van der Waals surface area contributed by atoms with Crippen molar-refractivity contribution in [1.82, 2.24) is 10.3 Å². The van der Waals surface area contributed by atoms with Crippen LogP contribution in [0.5, 0.6) is 0 Å². The van der Waals surface area contributed by atoms with Crippen LogP contribution in [0.1, 0.15) is 12.8 Å². The van der Waals surface area contributed by atoms with E-state index in [0.29, 0.717) is 5.13 Å². The lowest BCUT2D eigenvalue weighted by Crippen LogP contribution is -2.35. The number of anilines is 1. The quantitative estimate of drug-likeness (QED) is 0.738. The number of carbonyl (C=O) groups excluding carboxylic acids is 1. The molecule has 4 nitrogen and oxygen atoms in total. The van der Waals surface area contributed by atoms with Crippen LogP contribution in [0.25, 0.3) is 0 Å². The van der Waals surface area contributed by atoms with E-state index < -0.39 is 0 Å². The van der Waals surface area contributed by atoms with E-state index in [0.717, 1.165) is 19.4 Å².